The van der Waals surface area contributed by atoms with Crippen LogP contribution >= 0.6 is 0 Å². The van der Waals surface area contributed by atoms with Crippen LogP contribution in [-0.4, -0.2) is 36.5 Å². The highest BCUT2D eigenvalue weighted by atomic mass is 16.6. The van der Waals surface area contributed by atoms with Gasteiger partial charge in [0.2, 0.25) is 0 Å². The van der Waals surface area contributed by atoms with Crippen molar-refractivity contribution in [3.63, 3.8) is 0 Å². The summed E-state index contributed by atoms with van der Waals surface area (Å²) in [6.07, 6.45) is -0.595. The Morgan fingerprint density at radius 2 is 2.07 bits per heavy atom. The number of β-lactam (4-membered cyclic amide) rings is 1. The number of carbonyl (C=O) groups excluding carboxylic acids is 2. The van der Waals surface area contributed by atoms with E-state index in [0.717, 1.165) is 0 Å². The minimum Gasteiger partial charge on any atom is -0.447 e. The zero-order valence-corrected chi connectivity index (χ0v) is 8.34. The summed E-state index contributed by atoms with van der Waals surface area (Å²) >= 11 is 0. The Hall–Kier alpha value is -1.84. The Kier molecular flexibility index (Phi) is 2.41. The summed E-state index contributed by atoms with van der Waals surface area (Å²) in [7, 11) is 1.68. The molecule has 4 heteroatoms. The van der Waals surface area contributed by atoms with E-state index in [9.17, 15) is 9.59 Å². The molecule has 1 amide bonds. The molecule has 0 bridgehead atoms. The second-order valence-corrected chi connectivity index (χ2v) is 3.48. The lowest BCUT2D eigenvalue weighted by Crippen LogP contribution is -2.56. The van der Waals surface area contributed by atoms with Gasteiger partial charge in [0.25, 0.3) is 5.91 Å². The molecular weight excluding hydrogens is 194 g/mol. The van der Waals surface area contributed by atoms with E-state index in [4.69, 9.17) is 4.74 Å². The third kappa shape index (κ3) is 1.83. The predicted octanol–water partition coefficient (Wildman–Crippen LogP) is 0.684. The summed E-state index contributed by atoms with van der Waals surface area (Å²) in [6, 6.07) is 8.65. The maximum Gasteiger partial charge on any atom is 0.338 e. The first-order valence-electron chi connectivity index (χ1n) is 4.69. The van der Waals surface area contributed by atoms with Gasteiger partial charge in [0.05, 0.1) is 12.1 Å². The molecule has 1 aliphatic heterocycles. The van der Waals surface area contributed by atoms with Gasteiger partial charge >= 0.3 is 5.97 Å². The van der Waals surface area contributed by atoms with E-state index >= 15 is 0 Å². The normalized spacial score (nSPS) is 19.7. The SMILES string of the molecule is CN1CC(OC(=O)c2ccccc2)C1=O. The monoisotopic (exact) mass is 205 g/mol. The van der Waals surface area contributed by atoms with Gasteiger partial charge in [-0.05, 0) is 12.1 Å². The zero-order chi connectivity index (χ0) is 10.8. The maximum absolute atomic E-state index is 11.5. The highest BCUT2D eigenvalue weighted by Crippen LogP contribution is 2.13. The first-order chi connectivity index (χ1) is 7.18. The molecule has 0 spiro atoms. The van der Waals surface area contributed by atoms with Gasteiger partial charge in [-0.15, -0.1) is 0 Å². The van der Waals surface area contributed by atoms with Crippen molar-refractivity contribution in [1.82, 2.24) is 4.90 Å². The van der Waals surface area contributed by atoms with Gasteiger partial charge in [0, 0.05) is 7.05 Å². The van der Waals surface area contributed by atoms with Gasteiger partial charge in [0.15, 0.2) is 6.10 Å². The lowest BCUT2D eigenvalue weighted by molar-refractivity contribution is -0.153. The number of nitrogens with zero attached hydrogens (tertiary/aromatic N) is 1. The summed E-state index contributed by atoms with van der Waals surface area (Å²) in [4.78, 5) is 24.2. The Balaban J connectivity index is 1.97. The standard InChI is InChI=1S/C11H11NO3/c1-12-7-9(10(12)13)15-11(14)8-5-3-2-4-6-8/h2-6,9H,7H2,1H3. The van der Waals surface area contributed by atoms with Crippen molar-refractivity contribution in [2.45, 2.75) is 6.10 Å². The molecule has 0 N–H and O–H groups in total. The van der Waals surface area contributed by atoms with E-state index in [1.54, 1.807) is 31.3 Å². The number of hydrogen-bond donors (Lipinski definition) is 0. The molecule has 1 aliphatic rings. The van der Waals surface area contributed by atoms with Crippen molar-refractivity contribution in [2.75, 3.05) is 13.6 Å². The average molecular weight is 205 g/mol. The molecule has 2 rings (SSSR count). The molecule has 1 aromatic rings. The number of esters is 1. The molecule has 1 heterocycles. The van der Waals surface area contributed by atoms with Gasteiger partial charge in [-0.1, -0.05) is 18.2 Å². The summed E-state index contributed by atoms with van der Waals surface area (Å²) in [5, 5.41) is 0. The molecule has 1 fully saturated rings. The first-order valence-corrected chi connectivity index (χ1v) is 4.69. The lowest BCUT2D eigenvalue weighted by atomic mass is 10.1. The van der Waals surface area contributed by atoms with Crippen LogP contribution in [0.5, 0.6) is 0 Å². The van der Waals surface area contributed by atoms with Crippen LogP contribution in [0.4, 0.5) is 0 Å². The minimum atomic E-state index is -0.595. The average Bonchev–Trinajstić information content (AvgIpc) is 2.29. The largest absolute Gasteiger partial charge is 0.447 e. The topological polar surface area (TPSA) is 46.6 Å². The van der Waals surface area contributed by atoms with E-state index < -0.39 is 12.1 Å². The number of ether oxygens (including phenoxy) is 1. The van der Waals surface area contributed by atoms with Crippen LogP contribution in [0.15, 0.2) is 30.3 Å². The van der Waals surface area contributed by atoms with Crippen molar-refractivity contribution in [2.24, 2.45) is 0 Å². The number of benzene rings is 1. The van der Waals surface area contributed by atoms with Gasteiger partial charge in [-0.2, -0.15) is 0 Å². The molecular formula is C11H11NO3. The van der Waals surface area contributed by atoms with E-state index in [1.165, 1.54) is 4.90 Å². The highest BCUT2D eigenvalue weighted by molar-refractivity contribution is 5.94. The summed E-state index contributed by atoms with van der Waals surface area (Å²) in [6.45, 7) is 0.484. The lowest BCUT2D eigenvalue weighted by Gasteiger charge is -2.34. The summed E-state index contributed by atoms with van der Waals surface area (Å²) in [5.74, 6) is -0.582. The predicted molar refractivity (Wildman–Crippen MR) is 53.3 cm³/mol. The van der Waals surface area contributed by atoms with Gasteiger partial charge in [0.1, 0.15) is 0 Å². The number of likely N-dealkylation sites (tertiary alicyclic amines) is 1. The Morgan fingerprint density at radius 3 is 2.60 bits per heavy atom. The maximum atomic E-state index is 11.5. The van der Waals surface area contributed by atoms with Crippen molar-refractivity contribution in [3.8, 4) is 0 Å². The summed E-state index contributed by atoms with van der Waals surface area (Å²) in [5.41, 5.74) is 0.472. The van der Waals surface area contributed by atoms with Crippen LogP contribution in [0.25, 0.3) is 0 Å². The van der Waals surface area contributed by atoms with Crippen molar-refractivity contribution in [1.29, 1.82) is 0 Å². The molecule has 78 valence electrons. The van der Waals surface area contributed by atoms with Crippen molar-refractivity contribution < 1.29 is 14.3 Å². The van der Waals surface area contributed by atoms with Crippen molar-refractivity contribution >= 4 is 11.9 Å². The second-order valence-electron chi connectivity index (χ2n) is 3.48. The molecule has 0 aliphatic carbocycles. The minimum absolute atomic E-state index is 0.140. The smallest absolute Gasteiger partial charge is 0.338 e. The molecule has 0 saturated carbocycles. The molecule has 4 nitrogen and oxygen atoms in total. The Morgan fingerprint density at radius 1 is 1.40 bits per heavy atom. The molecule has 1 saturated heterocycles. The second kappa shape index (κ2) is 3.73. The van der Waals surface area contributed by atoms with Gasteiger partial charge in [-0.25, -0.2) is 4.79 Å². The number of amides is 1. The van der Waals surface area contributed by atoms with Gasteiger partial charge < -0.3 is 9.64 Å². The molecule has 15 heavy (non-hydrogen) atoms. The third-order valence-electron chi connectivity index (χ3n) is 2.35. The zero-order valence-electron chi connectivity index (χ0n) is 8.34. The van der Waals surface area contributed by atoms with Crippen LogP contribution in [0.1, 0.15) is 10.4 Å². The third-order valence-corrected chi connectivity index (χ3v) is 2.35. The Bertz CT molecular complexity index is 388. The molecule has 1 unspecified atom stereocenters. The molecule has 1 aromatic carbocycles. The van der Waals surface area contributed by atoms with Gasteiger partial charge in [-0.3, -0.25) is 4.79 Å². The first kappa shape index (κ1) is 9.71. The number of carbonyl (C=O) groups is 2. The van der Waals surface area contributed by atoms with E-state index in [2.05, 4.69) is 0 Å². The summed E-state index contributed by atoms with van der Waals surface area (Å²) < 4.78 is 5.02. The van der Waals surface area contributed by atoms with Crippen LogP contribution in [0.3, 0.4) is 0 Å². The fraction of sp³-hybridized carbons (Fsp3) is 0.273. The van der Waals surface area contributed by atoms with E-state index in [1.807, 2.05) is 6.07 Å². The number of hydrogen-bond acceptors (Lipinski definition) is 3. The van der Waals surface area contributed by atoms with Crippen molar-refractivity contribution in [3.05, 3.63) is 35.9 Å². The van der Waals surface area contributed by atoms with E-state index in [0.29, 0.717) is 12.1 Å². The van der Waals surface area contributed by atoms with Crippen LogP contribution in [0, 0.1) is 0 Å². The fourth-order valence-electron chi connectivity index (χ4n) is 1.41. The molecule has 1 atom stereocenters. The van der Waals surface area contributed by atoms with Crippen LogP contribution in [0.2, 0.25) is 0 Å². The van der Waals surface area contributed by atoms with Crippen LogP contribution in [-0.2, 0) is 9.53 Å². The van der Waals surface area contributed by atoms with Crippen LogP contribution < -0.4 is 0 Å². The number of likely N-dealkylation sites (N-methyl/N-ethyl adjacent to an activating group) is 1. The number of rotatable bonds is 2. The molecule has 0 radical (unpaired) electrons. The fourth-order valence-corrected chi connectivity index (χ4v) is 1.41. The molecule has 0 aromatic heterocycles. The highest BCUT2D eigenvalue weighted by Gasteiger charge is 2.37. The Labute approximate surface area is 87.4 Å². The quantitative estimate of drug-likeness (QED) is 0.527. The van der Waals surface area contributed by atoms with E-state index in [-0.39, 0.29) is 5.91 Å².